The zero-order valence-electron chi connectivity index (χ0n) is 11.9. The Morgan fingerprint density at radius 2 is 1.95 bits per heavy atom. The molecule has 3 rings (SSSR count). The standard InChI is InChI=1S/C16H17FN2O2/c1-11-6-8-19(9-7-11)16(20)14-10-18-21-15(14)12-2-4-13(17)5-3-12/h2-5,10-11H,6-9H2,1H3. The lowest BCUT2D eigenvalue weighted by Gasteiger charge is -2.30. The summed E-state index contributed by atoms with van der Waals surface area (Å²) in [5.74, 6) is 0.672. The van der Waals surface area contributed by atoms with Gasteiger partial charge in [0.25, 0.3) is 5.91 Å². The van der Waals surface area contributed by atoms with Gasteiger partial charge >= 0.3 is 0 Å². The predicted molar refractivity (Wildman–Crippen MR) is 76.2 cm³/mol. The highest BCUT2D eigenvalue weighted by Crippen LogP contribution is 2.26. The van der Waals surface area contributed by atoms with Crippen molar-refractivity contribution in [3.63, 3.8) is 0 Å². The van der Waals surface area contributed by atoms with E-state index in [0.717, 1.165) is 25.9 Å². The Morgan fingerprint density at radius 1 is 1.29 bits per heavy atom. The van der Waals surface area contributed by atoms with Gasteiger partial charge in [0.05, 0.1) is 6.20 Å². The lowest BCUT2D eigenvalue weighted by Crippen LogP contribution is -2.37. The zero-order chi connectivity index (χ0) is 14.8. The number of rotatable bonds is 2. The van der Waals surface area contributed by atoms with Crippen LogP contribution in [-0.2, 0) is 0 Å². The highest BCUT2D eigenvalue weighted by Gasteiger charge is 2.26. The minimum atomic E-state index is -0.323. The first-order valence-corrected chi connectivity index (χ1v) is 7.15. The number of halogens is 1. The van der Waals surface area contributed by atoms with Gasteiger partial charge < -0.3 is 9.42 Å². The zero-order valence-corrected chi connectivity index (χ0v) is 11.9. The van der Waals surface area contributed by atoms with Gasteiger partial charge in [0.15, 0.2) is 5.76 Å². The minimum absolute atomic E-state index is 0.0672. The fraction of sp³-hybridized carbons (Fsp3) is 0.375. The fourth-order valence-corrected chi connectivity index (χ4v) is 2.58. The Labute approximate surface area is 122 Å². The van der Waals surface area contributed by atoms with Crippen LogP contribution < -0.4 is 0 Å². The summed E-state index contributed by atoms with van der Waals surface area (Å²) < 4.78 is 18.2. The van der Waals surface area contributed by atoms with Crippen LogP contribution in [0.4, 0.5) is 4.39 Å². The molecule has 1 aromatic carbocycles. The summed E-state index contributed by atoms with van der Waals surface area (Å²) in [5, 5.41) is 3.74. The first-order valence-electron chi connectivity index (χ1n) is 7.15. The van der Waals surface area contributed by atoms with Crippen LogP contribution in [0.5, 0.6) is 0 Å². The van der Waals surface area contributed by atoms with E-state index in [2.05, 4.69) is 12.1 Å². The Kier molecular flexibility index (Phi) is 3.73. The van der Waals surface area contributed by atoms with Crippen molar-refractivity contribution in [2.24, 2.45) is 5.92 Å². The molecule has 1 aromatic heterocycles. The van der Waals surface area contributed by atoms with E-state index in [1.165, 1.54) is 18.3 Å². The summed E-state index contributed by atoms with van der Waals surface area (Å²) in [5.41, 5.74) is 1.10. The number of hydrogen-bond donors (Lipinski definition) is 0. The molecule has 0 radical (unpaired) electrons. The van der Waals surface area contributed by atoms with E-state index in [1.807, 2.05) is 4.90 Å². The van der Waals surface area contributed by atoms with E-state index in [1.54, 1.807) is 12.1 Å². The molecule has 2 aromatic rings. The predicted octanol–water partition coefficient (Wildman–Crippen LogP) is 3.35. The van der Waals surface area contributed by atoms with Crippen molar-refractivity contribution in [3.05, 3.63) is 41.8 Å². The first kappa shape index (κ1) is 13.8. The molecule has 1 aliphatic heterocycles. The van der Waals surface area contributed by atoms with Crippen molar-refractivity contribution in [1.29, 1.82) is 0 Å². The number of hydrogen-bond acceptors (Lipinski definition) is 3. The third-order valence-electron chi connectivity index (χ3n) is 3.98. The molecule has 0 atom stereocenters. The van der Waals surface area contributed by atoms with Crippen LogP contribution in [0.1, 0.15) is 30.1 Å². The number of benzene rings is 1. The summed E-state index contributed by atoms with van der Waals surface area (Å²) >= 11 is 0. The average Bonchev–Trinajstić information content (AvgIpc) is 2.97. The third-order valence-corrected chi connectivity index (χ3v) is 3.98. The van der Waals surface area contributed by atoms with Crippen molar-refractivity contribution in [1.82, 2.24) is 10.1 Å². The summed E-state index contributed by atoms with van der Waals surface area (Å²) in [7, 11) is 0. The van der Waals surface area contributed by atoms with E-state index in [0.29, 0.717) is 22.8 Å². The van der Waals surface area contributed by atoms with Crippen LogP contribution in [0.2, 0.25) is 0 Å². The summed E-state index contributed by atoms with van der Waals surface area (Å²) in [4.78, 5) is 14.4. The van der Waals surface area contributed by atoms with E-state index < -0.39 is 0 Å². The maximum Gasteiger partial charge on any atom is 0.259 e. The van der Waals surface area contributed by atoms with Gasteiger partial charge in [-0.05, 0) is 43.0 Å². The van der Waals surface area contributed by atoms with Crippen molar-refractivity contribution >= 4 is 5.91 Å². The molecule has 1 amide bonds. The minimum Gasteiger partial charge on any atom is -0.355 e. The van der Waals surface area contributed by atoms with Crippen LogP contribution in [-0.4, -0.2) is 29.1 Å². The van der Waals surface area contributed by atoms with Gasteiger partial charge in [-0.2, -0.15) is 0 Å². The van der Waals surface area contributed by atoms with E-state index in [9.17, 15) is 9.18 Å². The maximum atomic E-state index is 13.0. The SMILES string of the molecule is CC1CCN(C(=O)c2cnoc2-c2ccc(F)cc2)CC1. The lowest BCUT2D eigenvalue weighted by molar-refractivity contribution is 0.0697. The number of carbonyl (C=O) groups excluding carboxylic acids is 1. The Balaban J connectivity index is 1.85. The van der Waals surface area contributed by atoms with Crippen molar-refractivity contribution in [2.75, 3.05) is 13.1 Å². The van der Waals surface area contributed by atoms with Crippen LogP contribution in [0.3, 0.4) is 0 Å². The normalized spacial score (nSPS) is 16.2. The Morgan fingerprint density at radius 3 is 2.62 bits per heavy atom. The molecule has 0 saturated carbocycles. The second-order valence-electron chi connectivity index (χ2n) is 5.55. The molecular weight excluding hydrogens is 271 g/mol. The largest absolute Gasteiger partial charge is 0.355 e. The van der Waals surface area contributed by atoms with E-state index in [-0.39, 0.29) is 11.7 Å². The molecule has 1 saturated heterocycles. The average molecular weight is 288 g/mol. The first-order chi connectivity index (χ1) is 10.1. The van der Waals surface area contributed by atoms with Gasteiger partial charge in [0, 0.05) is 18.7 Å². The van der Waals surface area contributed by atoms with Crippen molar-refractivity contribution < 1.29 is 13.7 Å². The highest BCUT2D eigenvalue weighted by atomic mass is 19.1. The highest BCUT2D eigenvalue weighted by molar-refractivity contribution is 5.99. The molecule has 0 unspecified atom stereocenters. The lowest BCUT2D eigenvalue weighted by atomic mass is 9.98. The molecular formula is C16H17FN2O2. The van der Waals surface area contributed by atoms with Crippen molar-refractivity contribution in [3.8, 4) is 11.3 Å². The third kappa shape index (κ3) is 2.82. The number of aromatic nitrogens is 1. The topological polar surface area (TPSA) is 46.3 Å². The quantitative estimate of drug-likeness (QED) is 0.851. The molecule has 21 heavy (non-hydrogen) atoms. The van der Waals surface area contributed by atoms with E-state index >= 15 is 0 Å². The van der Waals surface area contributed by atoms with E-state index in [4.69, 9.17) is 4.52 Å². The maximum absolute atomic E-state index is 13.0. The second-order valence-corrected chi connectivity index (χ2v) is 5.55. The van der Waals surface area contributed by atoms with Gasteiger partial charge in [-0.1, -0.05) is 12.1 Å². The molecule has 0 aliphatic carbocycles. The van der Waals surface area contributed by atoms with Crippen LogP contribution in [0.15, 0.2) is 35.0 Å². The van der Waals surface area contributed by atoms with Gasteiger partial charge in [-0.15, -0.1) is 0 Å². The smallest absolute Gasteiger partial charge is 0.259 e. The van der Waals surface area contributed by atoms with Gasteiger partial charge in [0.2, 0.25) is 0 Å². The Hall–Kier alpha value is -2.17. The number of piperidine rings is 1. The fourth-order valence-electron chi connectivity index (χ4n) is 2.58. The molecule has 110 valence electrons. The van der Waals surface area contributed by atoms with Crippen molar-refractivity contribution in [2.45, 2.75) is 19.8 Å². The molecule has 5 heteroatoms. The summed E-state index contributed by atoms with van der Waals surface area (Å²) in [6.07, 6.45) is 3.48. The summed E-state index contributed by atoms with van der Waals surface area (Å²) in [6, 6.07) is 5.86. The van der Waals surface area contributed by atoms with Gasteiger partial charge in [0.1, 0.15) is 11.4 Å². The monoisotopic (exact) mass is 288 g/mol. The molecule has 4 nitrogen and oxygen atoms in total. The number of carbonyl (C=O) groups is 1. The number of amides is 1. The van der Waals surface area contributed by atoms with Gasteiger partial charge in [-0.25, -0.2) is 4.39 Å². The molecule has 1 fully saturated rings. The molecule has 2 heterocycles. The molecule has 1 aliphatic rings. The van der Waals surface area contributed by atoms with Gasteiger partial charge in [-0.3, -0.25) is 4.79 Å². The molecule has 0 N–H and O–H groups in total. The van der Waals surface area contributed by atoms with Crippen LogP contribution in [0.25, 0.3) is 11.3 Å². The molecule has 0 bridgehead atoms. The number of likely N-dealkylation sites (tertiary alicyclic amines) is 1. The summed E-state index contributed by atoms with van der Waals surface area (Å²) in [6.45, 7) is 3.72. The van der Waals surface area contributed by atoms with Crippen LogP contribution >= 0.6 is 0 Å². The second kappa shape index (κ2) is 5.68. The molecule has 0 spiro atoms. The van der Waals surface area contributed by atoms with Crippen LogP contribution in [0, 0.1) is 11.7 Å². The Bertz CT molecular complexity index is 628. The number of nitrogens with zero attached hydrogens (tertiary/aromatic N) is 2.